The van der Waals surface area contributed by atoms with Crippen LogP contribution in [0.1, 0.15) is 36.9 Å². The van der Waals surface area contributed by atoms with Crippen LogP contribution in [0.2, 0.25) is 0 Å². The molecule has 5 nitrogen and oxygen atoms in total. The molecular formula is C16H22N2O3. The fourth-order valence-corrected chi connectivity index (χ4v) is 2.75. The van der Waals surface area contributed by atoms with Gasteiger partial charge in [0.25, 0.3) is 0 Å². The molecule has 2 rings (SSSR count). The van der Waals surface area contributed by atoms with E-state index >= 15 is 0 Å². The molecule has 1 atom stereocenters. The average molecular weight is 290 g/mol. The maximum Gasteiger partial charge on any atom is 0.331 e. The van der Waals surface area contributed by atoms with Gasteiger partial charge in [-0.1, -0.05) is 37.6 Å². The summed E-state index contributed by atoms with van der Waals surface area (Å²) in [5.74, 6) is -0.973. The molecule has 1 N–H and O–H groups in total. The van der Waals surface area contributed by atoms with Crippen LogP contribution in [-0.2, 0) is 11.2 Å². The minimum Gasteiger partial charge on any atom is -0.479 e. The Bertz CT molecular complexity index is 530. The van der Waals surface area contributed by atoms with Crippen LogP contribution in [0.15, 0.2) is 24.3 Å². The second kappa shape index (κ2) is 6.61. The van der Waals surface area contributed by atoms with E-state index in [1.807, 2.05) is 18.2 Å². The largest absolute Gasteiger partial charge is 0.479 e. The highest BCUT2D eigenvalue weighted by atomic mass is 16.4. The first-order valence-corrected chi connectivity index (χ1v) is 7.38. The van der Waals surface area contributed by atoms with Gasteiger partial charge in [-0.25, -0.2) is 9.59 Å². The highest BCUT2D eigenvalue weighted by molar-refractivity contribution is 5.84. The van der Waals surface area contributed by atoms with E-state index in [0.717, 1.165) is 24.0 Å². The monoisotopic (exact) mass is 290 g/mol. The number of fused-ring (bicyclic) bond motifs is 1. The number of rotatable bonds is 4. The summed E-state index contributed by atoms with van der Waals surface area (Å²) >= 11 is 0. The Balaban J connectivity index is 2.24. The van der Waals surface area contributed by atoms with Crippen LogP contribution >= 0.6 is 0 Å². The van der Waals surface area contributed by atoms with Crippen molar-refractivity contribution in [2.75, 3.05) is 20.1 Å². The molecule has 0 fully saturated rings. The molecule has 114 valence electrons. The number of urea groups is 1. The third-order valence-corrected chi connectivity index (χ3v) is 3.94. The zero-order valence-electron chi connectivity index (χ0n) is 12.6. The quantitative estimate of drug-likeness (QED) is 0.927. The maximum atomic E-state index is 12.5. The summed E-state index contributed by atoms with van der Waals surface area (Å²) in [5.41, 5.74) is 1.75. The summed E-state index contributed by atoms with van der Waals surface area (Å²) in [6, 6.07) is 6.39. The van der Waals surface area contributed by atoms with Crippen molar-refractivity contribution in [1.82, 2.24) is 9.80 Å². The molecule has 2 amide bonds. The van der Waals surface area contributed by atoms with E-state index < -0.39 is 12.0 Å². The molecular weight excluding hydrogens is 268 g/mol. The highest BCUT2D eigenvalue weighted by Gasteiger charge is 2.36. The van der Waals surface area contributed by atoms with E-state index in [0.29, 0.717) is 19.5 Å². The molecule has 0 bridgehead atoms. The fourth-order valence-electron chi connectivity index (χ4n) is 2.75. The zero-order valence-corrected chi connectivity index (χ0v) is 12.6. The number of carboxylic acids is 1. The maximum absolute atomic E-state index is 12.5. The molecule has 1 heterocycles. The van der Waals surface area contributed by atoms with Crippen molar-refractivity contribution in [2.24, 2.45) is 0 Å². The number of aliphatic carboxylic acids is 1. The second-order valence-electron chi connectivity index (χ2n) is 5.44. The number of nitrogens with zero attached hydrogens (tertiary/aromatic N) is 2. The molecule has 1 aromatic carbocycles. The van der Waals surface area contributed by atoms with Gasteiger partial charge < -0.3 is 14.9 Å². The van der Waals surface area contributed by atoms with Gasteiger partial charge in [-0.3, -0.25) is 0 Å². The van der Waals surface area contributed by atoms with E-state index in [9.17, 15) is 14.7 Å². The number of amides is 2. The van der Waals surface area contributed by atoms with E-state index in [1.54, 1.807) is 18.0 Å². The summed E-state index contributed by atoms with van der Waals surface area (Å²) in [6.07, 6.45) is 2.63. The Morgan fingerprint density at radius 1 is 1.38 bits per heavy atom. The van der Waals surface area contributed by atoms with Crippen molar-refractivity contribution in [1.29, 1.82) is 0 Å². The number of unbranched alkanes of at least 4 members (excludes halogenated alkanes) is 1. The van der Waals surface area contributed by atoms with Crippen molar-refractivity contribution in [3.05, 3.63) is 35.4 Å². The summed E-state index contributed by atoms with van der Waals surface area (Å²) in [4.78, 5) is 27.3. The lowest BCUT2D eigenvalue weighted by Crippen LogP contribution is -2.48. The lowest BCUT2D eigenvalue weighted by molar-refractivity contribution is -0.143. The van der Waals surface area contributed by atoms with Crippen LogP contribution in [0.25, 0.3) is 0 Å². The molecule has 0 aromatic heterocycles. The molecule has 1 aromatic rings. The number of hydrogen-bond donors (Lipinski definition) is 1. The minimum atomic E-state index is -0.973. The molecule has 21 heavy (non-hydrogen) atoms. The van der Waals surface area contributed by atoms with Gasteiger partial charge in [0.2, 0.25) is 0 Å². The zero-order chi connectivity index (χ0) is 15.4. The summed E-state index contributed by atoms with van der Waals surface area (Å²) in [7, 11) is 1.73. The van der Waals surface area contributed by atoms with Gasteiger partial charge in [0.15, 0.2) is 6.04 Å². The Morgan fingerprint density at radius 2 is 2.10 bits per heavy atom. The smallest absolute Gasteiger partial charge is 0.331 e. The highest BCUT2D eigenvalue weighted by Crippen LogP contribution is 2.30. The third-order valence-electron chi connectivity index (χ3n) is 3.94. The second-order valence-corrected chi connectivity index (χ2v) is 5.44. The van der Waals surface area contributed by atoms with Crippen LogP contribution < -0.4 is 0 Å². The van der Waals surface area contributed by atoms with Gasteiger partial charge in [-0.2, -0.15) is 0 Å². The number of hydrogen-bond acceptors (Lipinski definition) is 2. The fraction of sp³-hybridized carbons (Fsp3) is 0.500. The SMILES string of the molecule is CCCCN(C)C(=O)N1CCc2ccccc2C1C(=O)O. The van der Waals surface area contributed by atoms with Crippen LogP contribution in [0.5, 0.6) is 0 Å². The molecule has 0 saturated heterocycles. The Hall–Kier alpha value is -2.04. The summed E-state index contributed by atoms with van der Waals surface area (Å²) in [5, 5.41) is 9.55. The molecule has 1 aliphatic rings. The van der Waals surface area contributed by atoms with E-state index in [1.165, 1.54) is 4.90 Å². The van der Waals surface area contributed by atoms with Gasteiger partial charge in [0, 0.05) is 20.1 Å². The first-order valence-electron chi connectivity index (χ1n) is 7.38. The average Bonchev–Trinajstić information content (AvgIpc) is 2.50. The van der Waals surface area contributed by atoms with E-state index in [4.69, 9.17) is 0 Å². The third kappa shape index (κ3) is 3.17. The Kier molecular flexibility index (Phi) is 4.83. The van der Waals surface area contributed by atoms with Crippen molar-refractivity contribution in [3.63, 3.8) is 0 Å². The van der Waals surface area contributed by atoms with Gasteiger partial charge in [0.05, 0.1) is 0 Å². The normalized spacial score (nSPS) is 17.2. The van der Waals surface area contributed by atoms with Gasteiger partial charge in [-0.15, -0.1) is 0 Å². The van der Waals surface area contributed by atoms with Crippen LogP contribution in [0, 0.1) is 0 Å². The van der Waals surface area contributed by atoms with Crippen molar-refractivity contribution in [3.8, 4) is 0 Å². The topological polar surface area (TPSA) is 60.9 Å². The van der Waals surface area contributed by atoms with Crippen LogP contribution in [0.3, 0.4) is 0 Å². The Morgan fingerprint density at radius 3 is 2.76 bits per heavy atom. The van der Waals surface area contributed by atoms with Crippen LogP contribution in [0.4, 0.5) is 4.79 Å². The van der Waals surface area contributed by atoms with Crippen molar-refractivity contribution in [2.45, 2.75) is 32.2 Å². The molecule has 1 aliphatic heterocycles. The van der Waals surface area contributed by atoms with Crippen molar-refractivity contribution >= 4 is 12.0 Å². The minimum absolute atomic E-state index is 0.203. The molecule has 0 spiro atoms. The lowest BCUT2D eigenvalue weighted by Gasteiger charge is -2.37. The number of carbonyl (C=O) groups is 2. The Labute approximate surface area is 125 Å². The van der Waals surface area contributed by atoms with E-state index in [-0.39, 0.29) is 6.03 Å². The van der Waals surface area contributed by atoms with Gasteiger partial charge in [-0.05, 0) is 24.0 Å². The lowest BCUT2D eigenvalue weighted by atomic mass is 9.93. The predicted octanol–water partition coefficient (Wildman–Crippen LogP) is 2.52. The van der Waals surface area contributed by atoms with Gasteiger partial charge >= 0.3 is 12.0 Å². The predicted molar refractivity (Wildman–Crippen MR) is 80.2 cm³/mol. The summed E-state index contributed by atoms with van der Waals surface area (Å²) < 4.78 is 0. The molecule has 1 unspecified atom stereocenters. The van der Waals surface area contributed by atoms with Gasteiger partial charge in [0.1, 0.15) is 0 Å². The standard InChI is InChI=1S/C16H22N2O3/c1-3-4-10-17(2)16(21)18-11-9-12-7-5-6-8-13(12)14(18)15(19)20/h5-8,14H,3-4,9-11H2,1-2H3,(H,19,20). The molecule has 0 radical (unpaired) electrons. The molecule has 0 saturated carbocycles. The summed E-state index contributed by atoms with van der Waals surface area (Å²) in [6.45, 7) is 3.17. The number of carbonyl (C=O) groups excluding carboxylic acids is 1. The number of carboxylic acid groups (broad SMARTS) is 1. The molecule has 0 aliphatic carbocycles. The first kappa shape index (κ1) is 15.4. The van der Waals surface area contributed by atoms with Crippen LogP contribution in [-0.4, -0.2) is 47.0 Å². The molecule has 5 heteroatoms. The first-order chi connectivity index (χ1) is 10.1. The van der Waals surface area contributed by atoms with E-state index in [2.05, 4.69) is 6.92 Å². The van der Waals surface area contributed by atoms with Crippen molar-refractivity contribution < 1.29 is 14.7 Å². The number of benzene rings is 1.